The first kappa shape index (κ1) is 18.9. The molecule has 3 fully saturated rings. The lowest BCUT2D eigenvalue weighted by Crippen LogP contribution is -2.60. The maximum atomic E-state index is 13.2. The monoisotopic (exact) mass is 381 g/mol. The van der Waals surface area contributed by atoms with E-state index in [9.17, 15) is 14.9 Å². The van der Waals surface area contributed by atoms with E-state index in [1.165, 1.54) is 0 Å². The lowest BCUT2D eigenvalue weighted by Gasteiger charge is -2.48. The number of amides is 2. The van der Waals surface area contributed by atoms with E-state index >= 15 is 0 Å². The van der Waals surface area contributed by atoms with Crippen LogP contribution in [-0.4, -0.2) is 41.5 Å². The van der Waals surface area contributed by atoms with Crippen LogP contribution in [0.2, 0.25) is 0 Å². The molecule has 1 spiro atoms. The fourth-order valence-corrected chi connectivity index (χ4v) is 4.61. The summed E-state index contributed by atoms with van der Waals surface area (Å²) in [6, 6.07) is 8.81. The molecule has 148 valence electrons. The van der Waals surface area contributed by atoms with E-state index in [1.54, 1.807) is 29.2 Å². The van der Waals surface area contributed by atoms with Gasteiger partial charge in [-0.3, -0.25) is 9.59 Å². The van der Waals surface area contributed by atoms with Crippen molar-refractivity contribution in [3.05, 3.63) is 29.8 Å². The quantitative estimate of drug-likeness (QED) is 0.870. The SMILES string of the molecule is C[C@@H]1C[C@@H]1C(=O)Nc1cccc(C(=O)N2CCC[C@]3(CCCCO3)[C@@H]2C#N)c1. The summed E-state index contributed by atoms with van der Waals surface area (Å²) in [4.78, 5) is 27.1. The van der Waals surface area contributed by atoms with E-state index in [0.29, 0.717) is 30.3 Å². The van der Waals surface area contributed by atoms with Gasteiger partial charge in [-0.1, -0.05) is 13.0 Å². The third-order valence-corrected chi connectivity index (χ3v) is 6.40. The zero-order valence-corrected chi connectivity index (χ0v) is 16.3. The molecule has 2 aliphatic heterocycles. The fourth-order valence-electron chi connectivity index (χ4n) is 4.61. The number of likely N-dealkylation sites (tertiary alicyclic amines) is 1. The van der Waals surface area contributed by atoms with Crippen molar-refractivity contribution in [2.45, 2.75) is 57.1 Å². The highest BCUT2D eigenvalue weighted by Gasteiger charge is 2.48. The Kier molecular flexibility index (Phi) is 5.11. The van der Waals surface area contributed by atoms with Crippen LogP contribution < -0.4 is 5.32 Å². The highest BCUT2D eigenvalue weighted by molar-refractivity contribution is 5.98. The van der Waals surface area contributed by atoms with Gasteiger partial charge < -0.3 is 15.0 Å². The average Bonchev–Trinajstić information content (AvgIpc) is 3.45. The molecule has 28 heavy (non-hydrogen) atoms. The molecule has 1 saturated carbocycles. The van der Waals surface area contributed by atoms with Crippen LogP contribution in [0.4, 0.5) is 5.69 Å². The second-order valence-electron chi connectivity index (χ2n) is 8.39. The van der Waals surface area contributed by atoms with Gasteiger partial charge in [0.1, 0.15) is 11.6 Å². The Morgan fingerprint density at radius 2 is 2.07 bits per heavy atom. The van der Waals surface area contributed by atoms with Crippen molar-refractivity contribution < 1.29 is 14.3 Å². The number of rotatable bonds is 3. The Balaban J connectivity index is 1.52. The minimum atomic E-state index is -0.570. The smallest absolute Gasteiger partial charge is 0.255 e. The van der Waals surface area contributed by atoms with Crippen molar-refractivity contribution in [1.29, 1.82) is 5.26 Å². The van der Waals surface area contributed by atoms with Gasteiger partial charge in [0.2, 0.25) is 5.91 Å². The molecule has 2 amide bonds. The van der Waals surface area contributed by atoms with Crippen LogP contribution in [0.25, 0.3) is 0 Å². The number of piperidine rings is 1. The molecule has 1 N–H and O–H groups in total. The number of nitrogens with one attached hydrogen (secondary N) is 1. The molecule has 0 radical (unpaired) electrons. The molecule has 4 rings (SSSR count). The standard InChI is InChI=1S/C22H27N3O3/c1-15-12-18(15)20(26)24-17-7-4-6-16(13-17)21(27)25-10-5-9-22(19(25)14-23)8-2-3-11-28-22/h4,6-7,13,15,18-19H,2-3,5,8-12H2,1H3,(H,24,26)/t15-,18+,19+,22-/m1/s1. The third kappa shape index (κ3) is 3.51. The van der Waals surface area contributed by atoms with Crippen molar-refractivity contribution in [1.82, 2.24) is 4.90 Å². The Labute approximate surface area is 165 Å². The van der Waals surface area contributed by atoms with E-state index in [4.69, 9.17) is 4.74 Å². The Bertz CT molecular complexity index is 804. The highest BCUT2D eigenvalue weighted by Crippen LogP contribution is 2.40. The molecule has 1 aromatic carbocycles. The molecule has 0 aromatic heterocycles. The van der Waals surface area contributed by atoms with Crippen LogP contribution in [0.3, 0.4) is 0 Å². The van der Waals surface area contributed by atoms with Crippen molar-refractivity contribution in [3.8, 4) is 6.07 Å². The van der Waals surface area contributed by atoms with Gasteiger partial charge in [-0.2, -0.15) is 5.26 Å². The molecule has 2 heterocycles. The van der Waals surface area contributed by atoms with Gasteiger partial charge in [-0.05, 0) is 62.6 Å². The molecule has 6 heteroatoms. The van der Waals surface area contributed by atoms with Crippen molar-refractivity contribution in [2.24, 2.45) is 11.8 Å². The molecule has 0 bridgehead atoms. The van der Waals surface area contributed by atoms with Crippen molar-refractivity contribution in [2.75, 3.05) is 18.5 Å². The van der Waals surface area contributed by atoms with Crippen LogP contribution in [0.5, 0.6) is 0 Å². The van der Waals surface area contributed by atoms with Crippen LogP contribution in [-0.2, 0) is 9.53 Å². The van der Waals surface area contributed by atoms with Gasteiger partial charge in [0.15, 0.2) is 0 Å². The fraction of sp³-hybridized carbons (Fsp3) is 0.591. The maximum absolute atomic E-state index is 13.2. The molecular formula is C22H27N3O3. The predicted octanol–water partition coefficient (Wildman–Crippen LogP) is 3.35. The number of benzene rings is 1. The Morgan fingerprint density at radius 3 is 2.75 bits per heavy atom. The zero-order valence-electron chi connectivity index (χ0n) is 16.3. The van der Waals surface area contributed by atoms with Gasteiger partial charge in [-0.15, -0.1) is 0 Å². The number of carbonyl (C=O) groups is 2. The van der Waals surface area contributed by atoms with E-state index in [1.807, 2.05) is 0 Å². The summed E-state index contributed by atoms with van der Waals surface area (Å²) < 4.78 is 6.07. The maximum Gasteiger partial charge on any atom is 0.255 e. The van der Waals surface area contributed by atoms with Crippen LogP contribution in [0, 0.1) is 23.2 Å². The number of hydrogen-bond donors (Lipinski definition) is 1. The second-order valence-corrected chi connectivity index (χ2v) is 8.39. The summed E-state index contributed by atoms with van der Waals surface area (Å²) in [7, 11) is 0. The van der Waals surface area contributed by atoms with Gasteiger partial charge in [0.25, 0.3) is 5.91 Å². The zero-order chi connectivity index (χ0) is 19.7. The third-order valence-electron chi connectivity index (χ3n) is 6.40. The summed E-state index contributed by atoms with van der Waals surface area (Å²) in [6.45, 7) is 3.27. The largest absolute Gasteiger partial charge is 0.372 e. The molecule has 0 unspecified atom stereocenters. The Hall–Kier alpha value is -2.39. The summed E-state index contributed by atoms with van der Waals surface area (Å²) in [5.41, 5.74) is 0.591. The lowest BCUT2D eigenvalue weighted by atomic mass is 9.79. The van der Waals surface area contributed by atoms with Gasteiger partial charge >= 0.3 is 0 Å². The van der Waals surface area contributed by atoms with E-state index in [0.717, 1.165) is 38.5 Å². The normalized spacial score (nSPS) is 31.9. The molecule has 2 saturated heterocycles. The van der Waals surface area contributed by atoms with Gasteiger partial charge in [-0.25, -0.2) is 0 Å². The number of nitriles is 1. The predicted molar refractivity (Wildman–Crippen MR) is 105 cm³/mol. The number of hydrogen-bond acceptors (Lipinski definition) is 4. The number of nitrogens with zero attached hydrogens (tertiary/aromatic N) is 2. The van der Waals surface area contributed by atoms with Crippen LogP contribution >= 0.6 is 0 Å². The van der Waals surface area contributed by atoms with Crippen molar-refractivity contribution in [3.63, 3.8) is 0 Å². The topological polar surface area (TPSA) is 82.4 Å². The molecular weight excluding hydrogens is 354 g/mol. The molecule has 1 aliphatic carbocycles. The first-order valence-corrected chi connectivity index (χ1v) is 10.3. The van der Waals surface area contributed by atoms with E-state index in [2.05, 4.69) is 18.3 Å². The molecule has 6 nitrogen and oxygen atoms in total. The number of carbonyl (C=O) groups excluding carboxylic acids is 2. The summed E-state index contributed by atoms with van der Waals surface area (Å²) >= 11 is 0. The van der Waals surface area contributed by atoms with E-state index < -0.39 is 11.6 Å². The molecule has 4 atom stereocenters. The average molecular weight is 381 g/mol. The number of ether oxygens (including phenoxy) is 1. The molecule has 1 aromatic rings. The first-order valence-electron chi connectivity index (χ1n) is 10.3. The minimum Gasteiger partial charge on any atom is -0.372 e. The van der Waals surface area contributed by atoms with Crippen molar-refractivity contribution >= 4 is 17.5 Å². The van der Waals surface area contributed by atoms with Gasteiger partial charge in [0, 0.05) is 30.3 Å². The summed E-state index contributed by atoms with van der Waals surface area (Å²) in [6.07, 6.45) is 5.44. The second kappa shape index (κ2) is 7.56. The first-order chi connectivity index (χ1) is 13.5. The highest BCUT2D eigenvalue weighted by atomic mass is 16.5. The summed E-state index contributed by atoms with van der Waals surface area (Å²) in [5, 5.41) is 12.8. The van der Waals surface area contributed by atoms with E-state index in [-0.39, 0.29) is 17.7 Å². The minimum absolute atomic E-state index is 0.0135. The Morgan fingerprint density at radius 1 is 1.29 bits per heavy atom. The van der Waals surface area contributed by atoms with Gasteiger partial charge in [0.05, 0.1) is 6.07 Å². The number of anilines is 1. The van der Waals surface area contributed by atoms with Crippen LogP contribution in [0.15, 0.2) is 24.3 Å². The summed E-state index contributed by atoms with van der Waals surface area (Å²) in [5.74, 6) is 0.351. The molecule has 3 aliphatic rings. The van der Waals surface area contributed by atoms with Crippen LogP contribution in [0.1, 0.15) is 55.8 Å². The lowest BCUT2D eigenvalue weighted by molar-refractivity contribution is -0.128.